The van der Waals surface area contributed by atoms with E-state index in [2.05, 4.69) is 10.4 Å². The largest absolute Gasteiger partial charge is 0.307 e. The van der Waals surface area contributed by atoms with Gasteiger partial charge in [-0.15, -0.1) is 0 Å². The van der Waals surface area contributed by atoms with Crippen molar-refractivity contribution in [1.29, 1.82) is 0 Å². The average molecular weight is 165 g/mol. The monoisotopic (exact) mass is 165 g/mol. The van der Waals surface area contributed by atoms with E-state index in [9.17, 15) is 4.79 Å². The van der Waals surface area contributed by atoms with E-state index in [1.165, 1.54) is 0 Å². The fraction of sp³-hybridized carbons (Fsp3) is 0.500. The van der Waals surface area contributed by atoms with Gasteiger partial charge in [0, 0.05) is 25.2 Å². The van der Waals surface area contributed by atoms with Crippen molar-refractivity contribution in [3.63, 3.8) is 0 Å². The molecule has 0 atom stereocenters. The maximum Gasteiger partial charge on any atom is 0.168 e. The Hall–Kier alpha value is -1.16. The van der Waals surface area contributed by atoms with E-state index in [1.807, 2.05) is 6.92 Å². The predicted octanol–water partition coefficient (Wildman–Crippen LogP) is 0.319. The zero-order valence-corrected chi connectivity index (χ0v) is 7.00. The molecule has 1 N–H and O–H groups in total. The minimum absolute atomic E-state index is 0.734. The molecule has 2 rings (SSSR count). The van der Waals surface area contributed by atoms with Crippen LogP contribution in [-0.4, -0.2) is 16.1 Å². The maximum absolute atomic E-state index is 10.7. The van der Waals surface area contributed by atoms with Crippen molar-refractivity contribution in [2.75, 3.05) is 0 Å². The van der Waals surface area contributed by atoms with Crippen LogP contribution in [0.15, 0.2) is 0 Å². The van der Waals surface area contributed by atoms with Crippen LogP contribution in [0, 0.1) is 0 Å². The predicted molar refractivity (Wildman–Crippen MR) is 43.8 cm³/mol. The molecule has 1 aliphatic heterocycles. The summed E-state index contributed by atoms with van der Waals surface area (Å²) in [6.07, 6.45) is 0.891. The van der Waals surface area contributed by atoms with Gasteiger partial charge in [0.25, 0.3) is 0 Å². The number of nitrogens with zero attached hydrogens (tertiary/aromatic N) is 2. The highest BCUT2D eigenvalue weighted by molar-refractivity contribution is 5.75. The molecule has 0 amide bonds. The molecule has 1 aromatic heterocycles. The Morgan fingerprint density at radius 3 is 3.17 bits per heavy atom. The van der Waals surface area contributed by atoms with E-state index < -0.39 is 0 Å². The van der Waals surface area contributed by atoms with Crippen molar-refractivity contribution in [3.8, 4) is 0 Å². The second-order valence-corrected chi connectivity index (χ2v) is 2.85. The van der Waals surface area contributed by atoms with Gasteiger partial charge in [0.05, 0.1) is 5.69 Å². The average Bonchev–Trinajstić information content (AvgIpc) is 2.61. The molecule has 0 aliphatic carbocycles. The Labute approximate surface area is 70.6 Å². The summed E-state index contributed by atoms with van der Waals surface area (Å²) in [5.41, 5.74) is 2.84. The summed E-state index contributed by atoms with van der Waals surface area (Å²) in [7, 11) is 0. The Morgan fingerprint density at radius 1 is 1.67 bits per heavy atom. The van der Waals surface area contributed by atoms with E-state index >= 15 is 0 Å². The van der Waals surface area contributed by atoms with Gasteiger partial charge in [0.15, 0.2) is 6.29 Å². The Morgan fingerprint density at radius 2 is 2.50 bits per heavy atom. The molecule has 0 radical (unpaired) electrons. The third kappa shape index (κ3) is 0.881. The number of nitrogens with one attached hydrogen (secondary N) is 1. The van der Waals surface area contributed by atoms with E-state index in [0.29, 0.717) is 0 Å². The fourth-order valence-electron chi connectivity index (χ4n) is 1.58. The van der Waals surface area contributed by atoms with Crippen molar-refractivity contribution in [3.05, 3.63) is 17.0 Å². The smallest absolute Gasteiger partial charge is 0.168 e. The number of rotatable bonds is 2. The summed E-state index contributed by atoms with van der Waals surface area (Å²) >= 11 is 0. The molecule has 0 fully saturated rings. The van der Waals surface area contributed by atoms with Gasteiger partial charge in [-0.1, -0.05) is 0 Å². The lowest BCUT2D eigenvalue weighted by molar-refractivity contribution is 0.111. The summed E-state index contributed by atoms with van der Waals surface area (Å²) in [5, 5.41) is 7.46. The first-order valence-electron chi connectivity index (χ1n) is 4.11. The van der Waals surface area contributed by atoms with E-state index in [-0.39, 0.29) is 0 Å². The lowest BCUT2D eigenvalue weighted by Gasteiger charge is -1.99. The molecule has 0 bridgehead atoms. The zero-order chi connectivity index (χ0) is 8.55. The molecule has 1 aliphatic rings. The van der Waals surface area contributed by atoms with E-state index in [1.54, 1.807) is 4.68 Å². The summed E-state index contributed by atoms with van der Waals surface area (Å²) in [6, 6.07) is 0. The summed E-state index contributed by atoms with van der Waals surface area (Å²) in [5.74, 6) is 0. The maximum atomic E-state index is 10.7. The second-order valence-electron chi connectivity index (χ2n) is 2.85. The van der Waals surface area contributed by atoms with Crippen molar-refractivity contribution in [1.82, 2.24) is 15.1 Å². The fourth-order valence-corrected chi connectivity index (χ4v) is 1.58. The molecule has 0 unspecified atom stereocenters. The molecule has 2 heterocycles. The molecule has 0 saturated heterocycles. The van der Waals surface area contributed by atoms with Crippen LogP contribution in [0.3, 0.4) is 0 Å². The molecule has 0 aromatic carbocycles. The molecule has 0 saturated carbocycles. The first-order chi connectivity index (χ1) is 5.86. The lowest BCUT2D eigenvalue weighted by atomic mass is 10.2. The second kappa shape index (κ2) is 2.71. The van der Waals surface area contributed by atoms with Crippen molar-refractivity contribution >= 4 is 6.29 Å². The number of carbonyl (C=O) groups is 1. The number of aromatic nitrogens is 2. The van der Waals surface area contributed by atoms with E-state index in [0.717, 1.165) is 42.9 Å². The van der Waals surface area contributed by atoms with Crippen LogP contribution in [-0.2, 0) is 19.6 Å². The summed E-state index contributed by atoms with van der Waals surface area (Å²) < 4.78 is 1.76. The van der Waals surface area contributed by atoms with Crippen LogP contribution < -0.4 is 5.32 Å². The highest BCUT2D eigenvalue weighted by Gasteiger charge is 2.20. The third-order valence-electron chi connectivity index (χ3n) is 2.18. The Kier molecular flexibility index (Phi) is 1.69. The molecule has 1 aromatic rings. The summed E-state index contributed by atoms with van der Waals surface area (Å²) in [4.78, 5) is 10.7. The van der Waals surface area contributed by atoms with Gasteiger partial charge in [-0.25, -0.2) is 0 Å². The Balaban J connectivity index is 2.53. The number of hydrogen-bond donors (Lipinski definition) is 1. The van der Waals surface area contributed by atoms with Gasteiger partial charge in [0.1, 0.15) is 5.69 Å². The molecule has 4 heteroatoms. The first kappa shape index (κ1) is 7.49. The van der Waals surface area contributed by atoms with Gasteiger partial charge in [-0.2, -0.15) is 5.10 Å². The van der Waals surface area contributed by atoms with Crippen LogP contribution in [0.25, 0.3) is 0 Å². The topological polar surface area (TPSA) is 46.9 Å². The normalized spacial score (nSPS) is 14.8. The zero-order valence-electron chi connectivity index (χ0n) is 7.00. The standard InChI is InChI=1S/C8H11N3O/c1-2-11-8(5-12)6-3-9-4-7(6)10-11/h5,9H,2-4H2,1H3. The van der Waals surface area contributed by atoms with Crippen LogP contribution in [0.1, 0.15) is 28.7 Å². The number of aryl methyl sites for hydroxylation is 1. The minimum atomic E-state index is 0.734. The molecular weight excluding hydrogens is 154 g/mol. The summed E-state index contributed by atoms with van der Waals surface area (Å²) in [6.45, 7) is 4.33. The molecule has 64 valence electrons. The quantitative estimate of drug-likeness (QED) is 0.642. The van der Waals surface area contributed by atoms with Crippen LogP contribution in [0.4, 0.5) is 0 Å². The molecule has 4 nitrogen and oxygen atoms in total. The van der Waals surface area contributed by atoms with Crippen molar-refractivity contribution in [2.45, 2.75) is 26.6 Å². The van der Waals surface area contributed by atoms with Crippen LogP contribution in [0.5, 0.6) is 0 Å². The van der Waals surface area contributed by atoms with Crippen LogP contribution in [0.2, 0.25) is 0 Å². The number of fused-ring (bicyclic) bond motifs is 1. The molecular formula is C8H11N3O. The molecule has 12 heavy (non-hydrogen) atoms. The first-order valence-corrected chi connectivity index (χ1v) is 4.11. The SMILES string of the molecule is CCn1nc2c(c1C=O)CNC2. The van der Waals surface area contributed by atoms with Crippen molar-refractivity contribution < 1.29 is 4.79 Å². The number of aldehydes is 1. The number of carbonyl (C=O) groups excluding carboxylic acids is 1. The molecule has 0 spiro atoms. The van der Waals surface area contributed by atoms with Gasteiger partial charge in [-0.05, 0) is 6.92 Å². The lowest BCUT2D eigenvalue weighted by Crippen LogP contribution is -2.09. The number of hydrogen-bond acceptors (Lipinski definition) is 3. The van der Waals surface area contributed by atoms with E-state index in [4.69, 9.17) is 0 Å². The minimum Gasteiger partial charge on any atom is -0.307 e. The van der Waals surface area contributed by atoms with Crippen LogP contribution >= 0.6 is 0 Å². The van der Waals surface area contributed by atoms with Crippen molar-refractivity contribution in [2.24, 2.45) is 0 Å². The highest BCUT2D eigenvalue weighted by atomic mass is 16.1. The van der Waals surface area contributed by atoms with Gasteiger partial charge in [0.2, 0.25) is 0 Å². The van der Waals surface area contributed by atoms with Gasteiger partial charge >= 0.3 is 0 Å². The third-order valence-corrected chi connectivity index (χ3v) is 2.18. The highest BCUT2D eigenvalue weighted by Crippen LogP contribution is 2.17. The van der Waals surface area contributed by atoms with Gasteiger partial charge < -0.3 is 5.32 Å². The Bertz CT molecular complexity index is 316. The van der Waals surface area contributed by atoms with Gasteiger partial charge in [-0.3, -0.25) is 9.48 Å².